The Morgan fingerprint density at radius 3 is 2.63 bits per heavy atom. The number of carbonyl (C=O) groups is 1. The number of hydrogen-bond acceptors (Lipinski definition) is 3. The van der Waals surface area contributed by atoms with Crippen LogP contribution >= 0.6 is 0 Å². The predicted octanol–water partition coefficient (Wildman–Crippen LogP) is 3.17. The maximum absolute atomic E-state index is 12.5. The molecule has 0 unspecified atom stereocenters. The Balaban J connectivity index is 2.14. The minimum Gasteiger partial charge on any atom is -0.288 e. The van der Waals surface area contributed by atoms with Crippen molar-refractivity contribution >= 4 is 16.7 Å². The van der Waals surface area contributed by atoms with Gasteiger partial charge < -0.3 is 0 Å². The fourth-order valence-electron chi connectivity index (χ4n) is 2.05. The van der Waals surface area contributed by atoms with Gasteiger partial charge in [-0.05, 0) is 31.2 Å². The number of carbonyl (C=O) groups excluding carboxylic acids is 1. The summed E-state index contributed by atoms with van der Waals surface area (Å²) in [5.41, 5.74) is 2.83. The Morgan fingerprint density at radius 1 is 1.00 bits per heavy atom. The topological polar surface area (TPSA) is 42.9 Å². The molecule has 0 aliphatic heterocycles. The first-order chi connectivity index (χ1) is 9.25. The number of aryl methyl sites for hydroxylation is 1. The highest BCUT2D eigenvalue weighted by molar-refractivity contribution is 6.15. The normalized spacial score (nSPS) is 10.6. The number of hydrogen-bond donors (Lipinski definition) is 0. The van der Waals surface area contributed by atoms with Gasteiger partial charge in [-0.2, -0.15) is 0 Å². The van der Waals surface area contributed by atoms with Crippen LogP contribution < -0.4 is 0 Å². The number of nitrogens with zero attached hydrogens (tertiary/aromatic N) is 2. The van der Waals surface area contributed by atoms with Gasteiger partial charge in [-0.25, -0.2) is 0 Å². The van der Waals surface area contributed by atoms with Crippen LogP contribution in [-0.4, -0.2) is 15.8 Å². The number of rotatable bonds is 2. The largest absolute Gasteiger partial charge is 0.288 e. The smallest absolute Gasteiger partial charge is 0.196 e. The molecule has 0 spiro atoms. The fraction of sp³-hybridized carbons (Fsp3) is 0.0625. The van der Waals surface area contributed by atoms with Gasteiger partial charge in [0.2, 0.25) is 0 Å². The third-order valence-corrected chi connectivity index (χ3v) is 3.05. The zero-order chi connectivity index (χ0) is 13.2. The third kappa shape index (κ3) is 2.10. The van der Waals surface area contributed by atoms with Gasteiger partial charge in [-0.15, -0.1) is 0 Å². The van der Waals surface area contributed by atoms with E-state index in [1.54, 1.807) is 24.5 Å². The van der Waals surface area contributed by atoms with E-state index in [2.05, 4.69) is 9.97 Å². The van der Waals surface area contributed by atoms with E-state index < -0.39 is 0 Å². The van der Waals surface area contributed by atoms with Crippen LogP contribution in [0.25, 0.3) is 10.9 Å². The highest BCUT2D eigenvalue weighted by Crippen LogP contribution is 2.19. The first kappa shape index (κ1) is 11.5. The zero-order valence-electron chi connectivity index (χ0n) is 10.5. The standard InChI is InChI=1S/C16H12N2O/c1-11-7-8-13(10-18-11)16(19)14-6-2-4-12-5-3-9-17-15(12)14/h2-10H,1H3. The molecule has 19 heavy (non-hydrogen) atoms. The molecule has 2 heterocycles. The van der Waals surface area contributed by atoms with Crippen molar-refractivity contribution in [1.29, 1.82) is 0 Å². The molecular weight excluding hydrogens is 236 g/mol. The molecule has 0 amide bonds. The number of aromatic nitrogens is 2. The SMILES string of the molecule is Cc1ccc(C(=O)c2cccc3cccnc23)cn1. The second-order valence-electron chi connectivity index (χ2n) is 4.40. The zero-order valence-corrected chi connectivity index (χ0v) is 10.5. The van der Waals surface area contributed by atoms with Crippen molar-refractivity contribution in [3.8, 4) is 0 Å². The monoisotopic (exact) mass is 248 g/mol. The minimum atomic E-state index is -0.0446. The molecule has 3 rings (SSSR count). The minimum absolute atomic E-state index is 0.0446. The lowest BCUT2D eigenvalue weighted by molar-refractivity contribution is 0.104. The van der Waals surface area contributed by atoms with Gasteiger partial charge >= 0.3 is 0 Å². The summed E-state index contributed by atoms with van der Waals surface area (Å²) in [5.74, 6) is -0.0446. The molecule has 2 aromatic heterocycles. The Hall–Kier alpha value is -2.55. The van der Waals surface area contributed by atoms with E-state index in [-0.39, 0.29) is 5.78 Å². The number of ketones is 1. The molecule has 0 aliphatic carbocycles. The molecule has 0 fully saturated rings. The van der Waals surface area contributed by atoms with E-state index in [0.717, 1.165) is 16.6 Å². The second-order valence-corrected chi connectivity index (χ2v) is 4.40. The van der Waals surface area contributed by atoms with E-state index in [0.29, 0.717) is 11.1 Å². The summed E-state index contributed by atoms with van der Waals surface area (Å²) < 4.78 is 0. The van der Waals surface area contributed by atoms with Crippen molar-refractivity contribution in [2.24, 2.45) is 0 Å². The quantitative estimate of drug-likeness (QED) is 0.654. The van der Waals surface area contributed by atoms with Crippen molar-refractivity contribution in [3.63, 3.8) is 0 Å². The molecule has 3 nitrogen and oxygen atoms in total. The fourth-order valence-corrected chi connectivity index (χ4v) is 2.05. The summed E-state index contributed by atoms with van der Waals surface area (Å²) in [6.07, 6.45) is 3.31. The molecule has 0 N–H and O–H groups in total. The molecule has 92 valence electrons. The summed E-state index contributed by atoms with van der Waals surface area (Å²) >= 11 is 0. The number of benzene rings is 1. The summed E-state index contributed by atoms with van der Waals surface area (Å²) in [6, 6.07) is 13.1. The number of fused-ring (bicyclic) bond motifs is 1. The van der Waals surface area contributed by atoms with Gasteiger partial charge in [0.25, 0.3) is 0 Å². The molecule has 3 heteroatoms. The van der Waals surface area contributed by atoms with Crippen LogP contribution in [-0.2, 0) is 0 Å². The van der Waals surface area contributed by atoms with Crippen molar-refractivity contribution in [1.82, 2.24) is 9.97 Å². The van der Waals surface area contributed by atoms with E-state index >= 15 is 0 Å². The van der Waals surface area contributed by atoms with Gasteiger partial charge in [0.05, 0.1) is 5.52 Å². The molecule has 0 saturated carbocycles. The third-order valence-electron chi connectivity index (χ3n) is 3.05. The Labute approximate surface area is 111 Å². The van der Waals surface area contributed by atoms with E-state index in [9.17, 15) is 4.79 Å². The van der Waals surface area contributed by atoms with E-state index in [1.165, 1.54) is 0 Å². The first-order valence-electron chi connectivity index (χ1n) is 6.07. The lowest BCUT2D eigenvalue weighted by Crippen LogP contribution is -2.03. The summed E-state index contributed by atoms with van der Waals surface area (Å²) in [7, 11) is 0. The van der Waals surface area contributed by atoms with Gasteiger partial charge in [0.15, 0.2) is 5.78 Å². The maximum Gasteiger partial charge on any atom is 0.196 e. The predicted molar refractivity (Wildman–Crippen MR) is 74.1 cm³/mol. The van der Waals surface area contributed by atoms with Crippen LogP contribution in [0.1, 0.15) is 21.6 Å². The van der Waals surface area contributed by atoms with Gasteiger partial charge in [-0.3, -0.25) is 14.8 Å². The molecule has 0 aliphatic rings. The Bertz CT molecular complexity index is 743. The van der Waals surface area contributed by atoms with E-state index in [4.69, 9.17) is 0 Å². The van der Waals surface area contributed by atoms with Crippen LogP contribution in [0.4, 0.5) is 0 Å². The maximum atomic E-state index is 12.5. The average molecular weight is 248 g/mol. The van der Waals surface area contributed by atoms with Crippen LogP contribution in [0.3, 0.4) is 0 Å². The molecule has 0 atom stereocenters. The Morgan fingerprint density at radius 2 is 1.84 bits per heavy atom. The van der Waals surface area contributed by atoms with Gasteiger partial charge in [0.1, 0.15) is 0 Å². The highest BCUT2D eigenvalue weighted by Gasteiger charge is 2.13. The summed E-state index contributed by atoms with van der Waals surface area (Å²) in [5, 5.41) is 0.966. The van der Waals surface area contributed by atoms with Crippen molar-refractivity contribution < 1.29 is 4.79 Å². The molecule has 0 saturated heterocycles. The molecule has 3 aromatic rings. The van der Waals surface area contributed by atoms with Crippen molar-refractivity contribution in [2.75, 3.05) is 0 Å². The van der Waals surface area contributed by atoms with Gasteiger partial charge in [0, 0.05) is 34.6 Å². The molecule has 1 aromatic carbocycles. The summed E-state index contributed by atoms with van der Waals surface area (Å²) in [4.78, 5) is 21.0. The lowest BCUT2D eigenvalue weighted by Gasteiger charge is -2.04. The van der Waals surface area contributed by atoms with Crippen molar-refractivity contribution in [2.45, 2.75) is 6.92 Å². The van der Waals surface area contributed by atoms with Crippen LogP contribution in [0, 0.1) is 6.92 Å². The number of para-hydroxylation sites is 1. The van der Waals surface area contributed by atoms with E-state index in [1.807, 2.05) is 37.3 Å². The van der Waals surface area contributed by atoms with Crippen LogP contribution in [0.2, 0.25) is 0 Å². The number of pyridine rings is 2. The van der Waals surface area contributed by atoms with Crippen LogP contribution in [0.15, 0.2) is 54.9 Å². The molecular formula is C16H12N2O. The molecule has 0 radical (unpaired) electrons. The second kappa shape index (κ2) is 4.61. The summed E-state index contributed by atoms with van der Waals surface area (Å²) in [6.45, 7) is 1.90. The molecule has 0 bridgehead atoms. The average Bonchev–Trinajstić information content (AvgIpc) is 2.47. The van der Waals surface area contributed by atoms with Gasteiger partial charge in [-0.1, -0.05) is 18.2 Å². The van der Waals surface area contributed by atoms with Crippen LogP contribution in [0.5, 0.6) is 0 Å². The van der Waals surface area contributed by atoms with Crippen molar-refractivity contribution in [3.05, 3.63) is 71.7 Å². The highest BCUT2D eigenvalue weighted by atomic mass is 16.1. The Kier molecular flexibility index (Phi) is 2.80. The first-order valence-corrected chi connectivity index (χ1v) is 6.07. The lowest BCUT2D eigenvalue weighted by atomic mass is 10.0.